The van der Waals surface area contributed by atoms with Crippen molar-refractivity contribution < 1.29 is 13.4 Å². The number of carbonyl (C=O) groups is 1. The Morgan fingerprint density at radius 3 is 2.66 bits per heavy atom. The number of nitrogens with one attached hydrogen (secondary N) is 1. The lowest BCUT2D eigenvalue weighted by atomic mass is 9.75. The molecule has 2 aliphatic carbocycles. The molecule has 1 aromatic heterocycles. The molecule has 5 nitrogen and oxygen atoms in total. The highest BCUT2D eigenvalue weighted by Crippen LogP contribution is 2.43. The molecule has 1 aliphatic heterocycles. The summed E-state index contributed by atoms with van der Waals surface area (Å²) >= 11 is 0. The highest BCUT2D eigenvalue weighted by molar-refractivity contribution is 7.85. The molecule has 0 amide bonds. The third-order valence-corrected chi connectivity index (χ3v) is 8.46. The lowest BCUT2D eigenvalue weighted by molar-refractivity contribution is 0.0910. The van der Waals surface area contributed by atoms with E-state index < -0.39 is 16.6 Å². The summed E-state index contributed by atoms with van der Waals surface area (Å²) in [6.45, 7) is 4.21. The Kier molecular flexibility index (Phi) is 5.24. The van der Waals surface area contributed by atoms with Gasteiger partial charge in [-0.1, -0.05) is 13.8 Å². The van der Waals surface area contributed by atoms with E-state index in [0.717, 1.165) is 61.0 Å². The molecule has 0 unspecified atom stereocenters. The minimum Gasteiger partial charge on any atom is -0.381 e. The van der Waals surface area contributed by atoms with Gasteiger partial charge in [0.2, 0.25) is 0 Å². The van der Waals surface area contributed by atoms with Gasteiger partial charge in [-0.15, -0.1) is 0 Å². The van der Waals surface area contributed by atoms with Crippen molar-refractivity contribution in [1.29, 1.82) is 5.26 Å². The number of carbonyl (C=O) groups excluding carboxylic acids is 1. The van der Waals surface area contributed by atoms with Gasteiger partial charge in [0.15, 0.2) is 5.78 Å². The Labute approximate surface area is 190 Å². The van der Waals surface area contributed by atoms with Crippen LogP contribution in [0, 0.1) is 22.6 Å². The van der Waals surface area contributed by atoms with Crippen LogP contribution in [0.25, 0.3) is 5.69 Å². The van der Waals surface area contributed by atoms with E-state index in [1.165, 1.54) is 6.07 Å². The molecule has 2 heterocycles. The lowest BCUT2D eigenvalue weighted by Crippen LogP contribution is -2.30. The first-order chi connectivity index (χ1) is 15.3. The first-order valence-electron chi connectivity index (χ1n) is 11.4. The predicted molar refractivity (Wildman–Crippen MR) is 123 cm³/mol. The van der Waals surface area contributed by atoms with Crippen LogP contribution in [0.15, 0.2) is 12.1 Å². The molecule has 0 atom stereocenters. The van der Waals surface area contributed by atoms with Crippen molar-refractivity contribution in [2.75, 3.05) is 16.8 Å². The fraction of sp³-hybridized carbons (Fsp3) is 0.520. The van der Waals surface area contributed by atoms with Crippen LogP contribution < -0.4 is 5.32 Å². The molecule has 0 bridgehead atoms. The molecule has 5 rings (SSSR count). The Bertz CT molecular complexity index is 1180. The highest BCUT2D eigenvalue weighted by Gasteiger charge is 2.39. The minimum atomic E-state index is -0.787. The quantitative estimate of drug-likeness (QED) is 0.745. The topological polar surface area (TPSA) is 74.9 Å². The normalized spacial score (nSPS) is 24.0. The fourth-order valence-electron chi connectivity index (χ4n) is 5.65. The van der Waals surface area contributed by atoms with Crippen molar-refractivity contribution in [3.05, 3.63) is 46.0 Å². The molecule has 3 aliphatic rings. The first-order valence-corrected chi connectivity index (χ1v) is 12.9. The maximum Gasteiger partial charge on any atom is 0.165 e. The molecule has 1 saturated heterocycles. The van der Waals surface area contributed by atoms with E-state index in [-0.39, 0.29) is 22.8 Å². The molecule has 1 N–H and O–H groups in total. The second-order valence-corrected chi connectivity index (χ2v) is 11.8. The first kappa shape index (κ1) is 21.4. The van der Waals surface area contributed by atoms with E-state index in [1.54, 1.807) is 0 Å². The number of halogens is 1. The Balaban J connectivity index is 1.63. The van der Waals surface area contributed by atoms with Gasteiger partial charge in [-0.05, 0) is 61.6 Å². The molecule has 1 fully saturated rings. The molecule has 0 radical (unpaired) electrons. The molecule has 32 heavy (non-hydrogen) atoms. The van der Waals surface area contributed by atoms with Crippen LogP contribution in [-0.2, 0) is 30.1 Å². The van der Waals surface area contributed by atoms with Crippen molar-refractivity contribution in [3.8, 4) is 11.8 Å². The van der Waals surface area contributed by atoms with Gasteiger partial charge in [0.05, 0.1) is 11.4 Å². The van der Waals surface area contributed by atoms with Crippen LogP contribution in [0.5, 0.6) is 0 Å². The van der Waals surface area contributed by atoms with E-state index in [2.05, 4.69) is 23.7 Å². The maximum absolute atomic E-state index is 15.1. The van der Waals surface area contributed by atoms with Gasteiger partial charge >= 0.3 is 0 Å². The summed E-state index contributed by atoms with van der Waals surface area (Å²) < 4.78 is 29.0. The average Bonchev–Trinajstić information content (AvgIpc) is 3.28. The number of rotatable bonds is 3. The lowest BCUT2D eigenvalue weighted by Gasteiger charge is -2.30. The van der Waals surface area contributed by atoms with Crippen molar-refractivity contribution in [3.63, 3.8) is 0 Å². The molecule has 7 heteroatoms. The number of hydrogen-bond acceptors (Lipinski definition) is 4. The summed E-state index contributed by atoms with van der Waals surface area (Å²) in [6, 6.07) is 5.37. The number of aromatic nitrogens is 1. The summed E-state index contributed by atoms with van der Waals surface area (Å²) in [5, 5.41) is 13.0. The van der Waals surface area contributed by atoms with Crippen LogP contribution in [0.3, 0.4) is 0 Å². The number of nitrogens with zero attached hydrogens (tertiary/aromatic N) is 2. The number of anilines is 1. The maximum atomic E-state index is 15.1. The monoisotopic (exact) mass is 453 g/mol. The smallest absolute Gasteiger partial charge is 0.165 e. The molecular formula is C25H28FN3O2S. The fourth-order valence-corrected chi connectivity index (χ4v) is 6.95. The zero-order valence-electron chi connectivity index (χ0n) is 18.6. The van der Waals surface area contributed by atoms with E-state index in [0.29, 0.717) is 29.3 Å². The molecule has 0 saturated carbocycles. The van der Waals surface area contributed by atoms with Crippen LogP contribution >= 0.6 is 0 Å². The molecule has 1 aromatic carbocycles. The second kappa shape index (κ2) is 7.84. The SMILES string of the molecule is CC1(C)CC(=O)c2c3c(n(-c4cc(F)c(C#N)c(NC5CCS(=O)CC5)c4)c2C1)CCC3. The largest absolute Gasteiger partial charge is 0.381 e. The van der Waals surface area contributed by atoms with Gasteiger partial charge in [-0.2, -0.15) is 5.26 Å². The Morgan fingerprint density at radius 2 is 1.94 bits per heavy atom. The van der Waals surface area contributed by atoms with Gasteiger partial charge < -0.3 is 9.88 Å². The van der Waals surface area contributed by atoms with E-state index >= 15 is 4.39 Å². The van der Waals surface area contributed by atoms with Crippen molar-refractivity contribution in [2.24, 2.45) is 5.41 Å². The number of hydrogen-bond donors (Lipinski definition) is 1. The van der Waals surface area contributed by atoms with Gasteiger partial charge in [-0.25, -0.2) is 4.39 Å². The molecule has 2 aromatic rings. The van der Waals surface area contributed by atoms with Crippen LogP contribution in [-0.4, -0.2) is 32.1 Å². The predicted octanol–water partition coefficient (Wildman–Crippen LogP) is 4.45. The summed E-state index contributed by atoms with van der Waals surface area (Å²) in [6.07, 6.45) is 5.53. The average molecular weight is 454 g/mol. The van der Waals surface area contributed by atoms with Crippen molar-refractivity contribution in [1.82, 2.24) is 4.57 Å². The number of nitriles is 1. The Morgan fingerprint density at radius 1 is 1.19 bits per heavy atom. The molecule has 168 valence electrons. The van der Waals surface area contributed by atoms with Gasteiger partial charge in [0.25, 0.3) is 0 Å². The second-order valence-electron chi connectivity index (χ2n) is 10.1. The number of Topliss-reactive ketones (excluding diaryl/α,β-unsaturated/α-hetero) is 1. The summed E-state index contributed by atoms with van der Waals surface area (Å²) in [5.74, 6) is 0.882. The van der Waals surface area contributed by atoms with Gasteiger partial charge in [0, 0.05) is 51.7 Å². The number of benzene rings is 1. The third kappa shape index (κ3) is 3.59. The van der Waals surface area contributed by atoms with Crippen LogP contribution in [0.2, 0.25) is 0 Å². The molecule has 0 spiro atoms. The van der Waals surface area contributed by atoms with Crippen LogP contribution in [0.1, 0.15) is 72.4 Å². The van der Waals surface area contributed by atoms with Crippen molar-refractivity contribution in [2.45, 2.75) is 64.8 Å². The number of fused-ring (bicyclic) bond motifs is 3. The highest BCUT2D eigenvalue weighted by atomic mass is 32.2. The summed E-state index contributed by atoms with van der Waals surface area (Å²) in [4.78, 5) is 13.1. The Hall–Kier alpha value is -2.46. The summed E-state index contributed by atoms with van der Waals surface area (Å²) in [5.41, 5.74) is 5.11. The van der Waals surface area contributed by atoms with Crippen molar-refractivity contribution >= 4 is 22.3 Å². The minimum absolute atomic E-state index is 0.00882. The third-order valence-electron chi connectivity index (χ3n) is 7.08. The zero-order chi connectivity index (χ0) is 22.6. The van der Waals surface area contributed by atoms with E-state index in [4.69, 9.17) is 0 Å². The zero-order valence-corrected chi connectivity index (χ0v) is 19.4. The van der Waals surface area contributed by atoms with Gasteiger partial charge in [0.1, 0.15) is 17.4 Å². The summed E-state index contributed by atoms with van der Waals surface area (Å²) in [7, 11) is -0.787. The standard InChI is InChI=1S/C25H28FN3O2S/c1-25(2)12-22-24(23(30)13-25)17-4-3-5-21(17)29(22)16-10-19(26)18(14-27)20(11-16)28-15-6-8-32(31)9-7-15/h10-11,15,28H,3-9,12-13H2,1-2H3. The van der Waals surface area contributed by atoms with Gasteiger partial charge in [-0.3, -0.25) is 9.00 Å². The van der Waals surface area contributed by atoms with Crippen LogP contribution in [0.4, 0.5) is 10.1 Å². The van der Waals surface area contributed by atoms with E-state index in [9.17, 15) is 14.3 Å². The number of ketones is 1. The molecular weight excluding hydrogens is 425 g/mol. The van der Waals surface area contributed by atoms with E-state index in [1.807, 2.05) is 12.1 Å².